The van der Waals surface area contributed by atoms with Crippen molar-refractivity contribution in [2.45, 2.75) is 32.8 Å². The molecule has 0 saturated heterocycles. The Morgan fingerprint density at radius 2 is 1.94 bits per heavy atom. The van der Waals surface area contributed by atoms with Gasteiger partial charge in [-0.3, -0.25) is 0 Å². The lowest BCUT2D eigenvalue weighted by atomic mass is 9.94. The molecule has 0 spiro atoms. The van der Waals surface area contributed by atoms with E-state index in [1.165, 1.54) is 31.2 Å². The van der Waals surface area contributed by atoms with Crippen molar-refractivity contribution in [2.75, 3.05) is 0 Å². The lowest BCUT2D eigenvalue weighted by Crippen LogP contribution is -2.42. The number of rotatable bonds is 5. The molecule has 0 aliphatic heterocycles. The molecule has 1 rings (SSSR count). The van der Waals surface area contributed by atoms with Crippen LogP contribution in [0.3, 0.4) is 0 Å². The molecule has 1 N–H and O–H groups in total. The molecule has 0 aromatic heterocycles. The second-order valence-corrected chi connectivity index (χ2v) is 4.69. The Morgan fingerprint density at radius 1 is 1.41 bits per heavy atom. The molecule has 1 aromatic carbocycles. The number of hydrogen-bond acceptors (Lipinski definition) is 2. The third-order valence-electron chi connectivity index (χ3n) is 2.41. The second-order valence-electron chi connectivity index (χ2n) is 4.69. The quantitative estimate of drug-likeness (QED) is 0.860. The molecular formula is C13H17FO3. The lowest BCUT2D eigenvalue weighted by Gasteiger charge is -2.28. The molecule has 0 aliphatic carbocycles. The summed E-state index contributed by atoms with van der Waals surface area (Å²) in [6.45, 7) is 5.38. The van der Waals surface area contributed by atoms with E-state index in [4.69, 9.17) is 4.74 Å². The third kappa shape index (κ3) is 3.73. The van der Waals surface area contributed by atoms with Gasteiger partial charge in [0.15, 0.2) is 0 Å². The number of hydrogen-bond donors (Lipinski definition) is 1. The summed E-state index contributed by atoms with van der Waals surface area (Å²) < 4.78 is 18.2. The van der Waals surface area contributed by atoms with Gasteiger partial charge in [-0.25, -0.2) is 9.18 Å². The first-order chi connectivity index (χ1) is 7.83. The first kappa shape index (κ1) is 13.5. The number of ether oxygens (including phenoxy) is 1. The van der Waals surface area contributed by atoms with Gasteiger partial charge in [0.2, 0.25) is 5.60 Å². The van der Waals surface area contributed by atoms with E-state index in [2.05, 4.69) is 0 Å². The van der Waals surface area contributed by atoms with Crippen molar-refractivity contribution in [3.63, 3.8) is 0 Å². The fraction of sp³-hybridized carbons (Fsp3) is 0.462. The number of benzene rings is 1. The maximum Gasteiger partial charge on any atom is 0.347 e. The Bertz CT molecular complexity index is 386. The van der Waals surface area contributed by atoms with Gasteiger partial charge in [0.1, 0.15) is 11.6 Å². The highest BCUT2D eigenvalue weighted by Gasteiger charge is 2.36. The molecule has 0 saturated carbocycles. The lowest BCUT2D eigenvalue weighted by molar-refractivity contribution is -0.155. The molecule has 0 heterocycles. The zero-order valence-corrected chi connectivity index (χ0v) is 10.2. The van der Waals surface area contributed by atoms with E-state index in [9.17, 15) is 14.3 Å². The summed E-state index contributed by atoms with van der Waals surface area (Å²) in [6.07, 6.45) is 0.389. The fourth-order valence-electron chi connectivity index (χ4n) is 1.71. The zero-order chi connectivity index (χ0) is 13.1. The molecule has 1 aromatic rings. The van der Waals surface area contributed by atoms with Gasteiger partial charge < -0.3 is 9.84 Å². The van der Waals surface area contributed by atoms with Crippen molar-refractivity contribution in [1.29, 1.82) is 0 Å². The average Bonchev–Trinajstić information content (AvgIpc) is 2.20. The Hall–Kier alpha value is -1.58. The van der Waals surface area contributed by atoms with E-state index in [0.717, 1.165) is 0 Å². The minimum Gasteiger partial charge on any atom is -0.478 e. The van der Waals surface area contributed by atoms with Gasteiger partial charge in [-0.05, 0) is 37.1 Å². The molecule has 0 radical (unpaired) electrons. The Morgan fingerprint density at radius 3 is 2.35 bits per heavy atom. The highest BCUT2D eigenvalue weighted by molar-refractivity contribution is 5.77. The van der Waals surface area contributed by atoms with E-state index >= 15 is 0 Å². The maximum absolute atomic E-state index is 12.7. The van der Waals surface area contributed by atoms with Crippen molar-refractivity contribution in [2.24, 2.45) is 5.92 Å². The van der Waals surface area contributed by atoms with Crippen molar-refractivity contribution < 1.29 is 19.0 Å². The van der Waals surface area contributed by atoms with Crippen molar-refractivity contribution >= 4 is 5.97 Å². The standard InChI is InChI=1S/C13H17FO3/c1-9(2)8-13(3,12(15)16)17-11-6-4-10(14)5-7-11/h4-7,9H,8H2,1-3H3,(H,15,16). The highest BCUT2D eigenvalue weighted by Crippen LogP contribution is 2.25. The maximum atomic E-state index is 12.7. The van der Waals surface area contributed by atoms with Gasteiger partial charge in [0.05, 0.1) is 0 Å². The topological polar surface area (TPSA) is 46.5 Å². The minimum atomic E-state index is -1.29. The Labute approximate surface area is 100 Å². The van der Waals surface area contributed by atoms with Gasteiger partial charge in [0.25, 0.3) is 0 Å². The molecule has 17 heavy (non-hydrogen) atoms. The van der Waals surface area contributed by atoms with E-state index < -0.39 is 11.6 Å². The van der Waals surface area contributed by atoms with Gasteiger partial charge >= 0.3 is 5.97 Å². The summed E-state index contributed by atoms with van der Waals surface area (Å²) in [4.78, 5) is 11.2. The van der Waals surface area contributed by atoms with Gasteiger partial charge in [-0.15, -0.1) is 0 Å². The van der Waals surface area contributed by atoms with Crippen LogP contribution in [0, 0.1) is 11.7 Å². The largest absolute Gasteiger partial charge is 0.478 e. The predicted octanol–water partition coefficient (Wildman–Crippen LogP) is 3.09. The van der Waals surface area contributed by atoms with Crippen LogP contribution in [0.4, 0.5) is 4.39 Å². The molecule has 0 fully saturated rings. The van der Waals surface area contributed by atoms with E-state index in [1.54, 1.807) is 0 Å². The van der Waals surface area contributed by atoms with Crippen LogP contribution in [-0.2, 0) is 4.79 Å². The van der Waals surface area contributed by atoms with Crippen molar-refractivity contribution in [3.8, 4) is 5.75 Å². The summed E-state index contributed by atoms with van der Waals surface area (Å²) >= 11 is 0. The molecule has 3 nitrogen and oxygen atoms in total. The molecule has 1 unspecified atom stereocenters. The molecule has 0 amide bonds. The summed E-state index contributed by atoms with van der Waals surface area (Å²) in [5.41, 5.74) is -1.29. The fourth-order valence-corrected chi connectivity index (χ4v) is 1.71. The van der Waals surface area contributed by atoms with Crippen LogP contribution in [0.15, 0.2) is 24.3 Å². The van der Waals surface area contributed by atoms with Crippen LogP contribution in [0.2, 0.25) is 0 Å². The van der Waals surface area contributed by atoms with Gasteiger partial charge in [0, 0.05) is 6.42 Å². The van der Waals surface area contributed by atoms with Crippen LogP contribution in [0.5, 0.6) is 5.75 Å². The normalized spacial score (nSPS) is 14.4. The Balaban J connectivity index is 2.86. The number of aliphatic carboxylic acids is 1. The summed E-state index contributed by atoms with van der Waals surface area (Å²) in [7, 11) is 0. The molecule has 1 atom stereocenters. The second kappa shape index (κ2) is 5.17. The first-order valence-corrected chi connectivity index (χ1v) is 5.51. The van der Waals surface area contributed by atoms with Crippen LogP contribution in [-0.4, -0.2) is 16.7 Å². The van der Waals surface area contributed by atoms with E-state index in [1.807, 2.05) is 13.8 Å². The van der Waals surface area contributed by atoms with Crippen molar-refractivity contribution in [3.05, 3.63) is 30.1 Å². The number of carboxylic acids is 1. The SMILES string of the molecule is CC(C)CC(C)(Oc1ccc(F)cc1)C(=O)O. The summed E-state index contributed by atoms with van der Waals surface area (Å²) in [5, 5.41) is 9.20. The average molecular weight is 240 g/mol. The van der Waals surface area contributed by atoms with Gasteiger partial charge in [-0.1, -0.05) is 13.8 Å². The summed E-state index contributed by atoms with van der Waals surface area (Å²) in [5.74, 6) is -0.845. The number of carboxylic acid groups (broad SMARTS) is 1. The molecule has 4 heteroatoms. The first-order valence-electron chi connectivity index (χ1n) is 5.51. The van der Waals surface area contributed by atoms with E-state index in [0.29, 0.717) is 12.2 Å². The summed E-state index contributed by atoms with van der Waals surface area (Å²) in [6, 6.07) is 5.34. The number of halogens is 1. The van der Waals surface area contributed by atoms with Gasteiger partial charge in [-0.2, -0.15) is 0 Å². The predicted molar refractivity (Wildman–Crippen MR) is 62.5 cm³/mol. The molecular weight excluding hydrogens is 223 g/mol. The molecule has 0 bridgehead atoms. The monoisotopic (exact) mass is 240 g/mol. The molecule has 0 aliphatic rings. The van der Waals surface area contributed by atoms with Crippen LogP contribution >= 0.6 is 0 Å². The van der Waals surface area contributed by atoms with E-state index in [-0.39, 0.29) is 11.7 Å². The molecule has 94 valence electrons. The minimum absolute atomic E-state index is 0.191. The van der Waals surface area contributed by atoms with Crippen LogP contribution in [0.25, 0.3) is 0 Å². The third-order valence-corrected chi connectivity index (χ3v) is 2.41. The highest BCUT2D eigenvalue weighted by atomic mass is 19.1. The zero-order valence-electron chi connectivity index (χ0n) is 10.2. The smallest absolute Gasteiger partial charge is 0.347 e. The van der Waals surface area contributed by atoms with Crippen LogP contribution < -0.4 is 4.74 Å². The number of carbonyl (C=O) groups is 1. The van der Waals surface area contributed by atoms with Crippen molar-refractivity contribution in [1.82, 2.24) is 0 Å². The Kier molecular flexibility index (Phi) is 4.10. The van der Waals surface area contributed by atoms with Crippen LogP contribution in [0.1, 0.15) is 27.2 Å².